The summed E-state index contributed by atoms with van der Waals surface area (Å²) < 4.78 is 29.2. The van der Waals surface area contributed by atoms with Crippen molar-refractivity contribution in [1.29, 1.82) is 0 Å². The first-order chi connectivity index (χ1) is 15.6. The van der Waals surface area contributed by atoms with Gasteiger partial charge in [-0.05, 0) is 48.5 Å². The van der Waals surface area contributed by atoms with Crippen LogP contribution in [-0.4, -0.2) is 49.6 Å². The highest BCUT2D eigenvalue weighted by molar-refractivity contribution is 5.89. The van der Waals surface area contributed by atoms with Crippen molar-refractivity contribution < 1.29 is 27.9 Å². The fourth-order valence-corrected chi connectivity index (χ4v) is 3.39. The molecule has 7 nitrogen and oxygen atoms in total. The summed E-state index contributed by atoms with van der Waals surface area (Å²) in [5.74, 6) is -0.0601. The Morgan fingerprint density at radius 1 is 0.906 bits per heavy atom. The molecule has 1 aliphatic rings. The van der Waals surface area contributed by atoms with Crippen molar-refractivity contribution in [3.05, 3.63) is 84.1 Å². The lowest BCUT2D eigenvalue weighted by Gasteiger charge is -2.36. The average Bonchev–Trinajstić information content (AvgIpc) is 3.31. The summed E-state index contributed by atoms with van der Waals surface area (Å²) in [4.78, 5) is 28.4. The molecule has 0 bridgehead atoms. The lowest BCUT2D eigenvalue weighted by molar-refractivity contribution is -0.134. The molecule has 2 aromatic carbocycles. The van der Waals surface area contributed by atoms with E-state index in [1.54, 1.807) is 23.1 Å². The quantitative estimate of drug-likeness (QED) is 0.526. The van der Waals surface area contributed by atoms with E-state index in [1.807, 2.05) is 30.3 Å². The third-order valence-corrected chi connectivity index (χ3v) is 5.14. The Hall–Kier alpha value is -3.81. The van der Waals surface area contributed by atoms with Crippen molar-refractivity contribution in [1.82, 2.24) is 4.90 Å². The molecule has 32 heavy (non-hydrogen) atoms. The molecule has 1 fully saturated rings. The van der Waals surface area contributed by atoms with Gasteiger partial charge in [-0.25, -0.2) is 9.18 Å². The van der Waals surface area contributed by atoms with E-state index in [-0.39, 0.29) is 30.7 Å². The number of benzene rings is 2. The summed E-state index contributed by atoms with van der Waals surface area (Å²) in [6.45, 7) is 2.05. The maximum atomic E-state index is 13.1. The first kappa shape index (κ1) is 21.4. The van der Waals surface area contributed by atoms with Gasteiger partial charge in [0.2, 0.25) is 5.76 Å². The number of carbonyl (C=O) groups excluding carboxylic acids is 2. The van der Waals surface area contributed by atoms with E-state index in [0.29, 0.717) is 37.7 Å². The average molecular weight is 438 g/mol. The van der Waals surface area contributed by atoms with Gasteiger partial charge in [-0.2, -0.15) is 0 Å². The van der Waals surface area contributed by atoms with Gasteiger partial charge in [-0.15, -0.1) is 0 Å². The van der Waals surface area contributed by atoms with Gasteiger partial charge in [-0.1, -0.05) is 18.2 Å². The van der Waals surface area contributed by atoms with Gasteiger partial charge >= 0.3 is 5.97 Å². The van der Waals surface area contributed by atoms with Crippen LogP contribution in [0.15, 0.2) is 71.1 Å². The summed E-state index contributed by atoms with van der Waals surface area (Å²) in [6.07, 6.45) is 0. The molecule has 0 saturated carbocycles. The largest absolute Gasteiger partial charge is 0.486 e. The zero-order valence-electron chi connectivity index (χ0n) is 17.4. The number of para-hydroxylation sites is 1. The van der Waals surface area contributed by atoms with Crippen LogP contribution < -0.4 is 9.64 Å². The van der Waals surface area contributed by atoms with Crippen molar-refractivity contribution in [2.45, 2.75) is 6.61 Å². The van der Waals surface area contributed by atoms with Crippen LogP contribution in [-0.2, 0) is 16.1 Å². The topological polar surface area (TPSA) is 72.2 Å². The van der Waals surface area contributed by atoms with Crippen LogP contribution in [0.1, 0.15) is 16.3 Å². The Morgan fingerprint density at radius 3 is 2.34 bits per heavy atom. The van der Waals surface area contributed by atoms with E-state index in [1.165, 1.54) is 18.2 Å². The molecule has 0 unspecified atom stereocenters. The monoisotopic (exact) mass is 438 g/mol. The molecule has 4 rings (SSSR count). The highest BCUT2D eigenvalue weighted by atomic mass is 19.1. The van der Waals surface area contributed by atoms with Gasteiger partial charge in [0, 0.05) is 31.9 Å². The van der Waals surface area contributed by atoms with Crippen molar-refractivity contribution in [3.8, 4) is 5.75 Å². The van der Waals surface area contributed by atoms with Crippen LogP contribution in [0.4, 0.5) is 10.1 Å². The number of esters is 1. The summed E-state index contributed by atoms with van der Waals surface area (Å²) in [5, 5.41) is 0. The van der Waals surface area contributed by atoms with E-state index in [2.05, 4.69) is 4.90 Å². The van der Waals surface area contributed by atoms with Crippen molar-refractivity contribution in [2.75, 3.05) is 37.7 Å². The SMILES string of the molecule is O=C(OCC(=O)N1CCN(c2ccc(F)cc2)CC1)c1ccc(COc2ccccc2)o1. The van der Waals surface area contributed by atoms with E-state index in [4.69, 9.17) is 13.9 Å². The number of amides is 1. The number of piperazine rings is 1. The second-order valence-corrected chi connectivity index (χ2v) is 7.29. The fourth-order valence-electron chi connectivity index (χ4n) is 3.39. The minimum atomic E-state index is -0.700. The molecule has 0 aliphatic carbocycles. The number of hydrogen-bond acceptors (Lipinski definition) is 6. The normalized spacial score (nSPS) is 13.7. The highest BCUT2D eigenvalue weighted by Crippen LogP contribution is 2.17. The Labute approximate surface area is 184 Å². The molecule has 1 aromatic heterocycles. The Morgan fingerprint density at radius 2 is 1.62 bits per heavy atom. The van der Waals surface area contributed by atoms with Gasteiger partial charge in [-0.3, -0.25) is 4.79 Å². The van der Waals surface area contributed by atoms with Crippen LogP contribution in [0, 0.1) is 5.82 Å². The molecule has 166 valence electrons. The van der Waals surface area contributed by atoms with Gasteiger partial charge in [0.05, 0.1) is 0 Å². The third-order valence-electron chi connectivity index (χ3n) is 5.14. The van der Waals surface area contributed by atoms with Crippen LogP contribution in [0.2, 0.25) is 0 Å². The smallest absolute Gasteiger partial charge is 0.374 e. The number of furan rings is 1. The van der Waals surface area contributed by atoms with Crippen molar-refractivity contribution >= 4 is 17.6 Å². The maximum absolute atomic E-state index is 13.1. The molecule has 3 aromatic rings. The van der Waals surface area contributed by atoms with Gasteiger partial charge in [0.1, 0.15) is 23.9 Å². The van der Waals surface area contributed by atoms with Crippen LogP contribution >= 0.6 is 0 Å². The van der Waals surface area contributed by atoms with Crippen LogP contribution in [0.5, 0.6) is 5.75 Å². The number of rotatable bonds is 7. The van der Waals surface area contributed by atoms with E-state index in [0.717, 1.165) is 5.69 Å². The van der Waals surface area contributed by atoms with E-state index < -0.39 is 5.97 Å². The molecule has 2 heterocycles. The number of anilines is 1. The minimum absolute atomic E-state index is 0.0191. The van der Waals surface area contributed by atoms with Crippen molar-refractivity contribution in [2.24, 2.45) is 0 Å². The lowest BCUT2D eigenvalue weighted by Crippen LogP contribution is -2.49. The number of nitrogens with zero attached hydrogens (tertiary/aromatic N) is 2. The highest BCUT2D eigenvalue weighted by Gasteiger charge is 2.23. The maximum Gasteiger partial charge on any atom is 0.374 e. The molecule has 0 N–H and O–H groups in total. The van der Waals surface area contributed by atoms with Gasteiger partial charge < -0.3 is 23.7 Å². The van der Waals surface area contributed by atoms with E-state index >= 15 is 0 Å². The zero-order chi connectivity index (χ0) is 22.3. The van der Waals surface area contributed by atoms with Crippen LogP contribution in [0.25, 0.3) is 0 Å². The predicted molar refractivity (Wildman–Crippen MR) is 115 cm³/mol. The fraction of sp³-hybridized carbons (Fsp3) is 0.250. The number of carbonyl (C=O) groups is 2. The lowest BCUT2D eigenvalue weighted by atomic mass is 10.2. The molecule has 1 saturated heterocycles. The molecule has 0 radical (unpaired) electrons. The second-order valence-electron chi connectivity index (χ2n) is 7.29. The Kier molecular flexibility index (Phi) is 6.69. The summed E-state index contributed by atoms with van der Waals surface area (Å²) in [6, 6.07) is 18.7. The Bertz CT molecular complexity index is 1040. The van der Waals surface area contributed by atoms with E-state index in [9.17, 15) is 14.0 Å². The first-order valence-electron chi connectivity index (χ1n) is 10.3. The number of ether oxygens (including phenoxy) is 2. The standard InChI is InChI=1S/C24H23FN2O5/c25-18-6-8-19(9-7-18)26-12-14-27(15-13-26)23(28)17-31-24(29)22-11-10-21(32-22)16-30-20-4-2-1-3-5-20/h1-11H,12-17H2. The van der Waals surface area contributed by atoms with Crippen molar-refractivity contribution in [3.63, 3.8) is 0 Å². The second kappa shape index (κ2) is 10.00. The Balaban J connectivity index is 1.21. The molecular formula is C24H23FN2O5. The molecule has 8 heteroatoms. The molecule has 0 atom stereocenters. The van der Waals surface area contributed by atoms with Gasteiger partial charge in [0.15, 0.2) is 6.61 Å². The molecule has 0 spiro atoms. The molecule has 1 aliphatic heterocycles. The van der Waals surface area contributed by atoms with Gasteiger partial charge in [0.25, 0.3) is 5.91 Å². The van der Waals surface area contributed by atoms with Crippen LogP contribution in [0.3, 0.4) is 0 Å². The number of halogens is 1. The summed E-state index contributed by atoms with van der Waals surface area (Å²) >= 11 is 0. The predicted octanol–water partition coefficient (Wildman–Crippen LogP) is 3.50. The zero-order valence-corrected chi connectivity index (χ0v) is 17.4. The third kappa shape index (κ3) is 5.46. The number of hydrogen-bond donors (Lipinski definition) is 0. The molecule has 1 amide bonds. The minimum Gasteiger partial charge on any atom is -0.486 e. The summed E-state index contributed by atoms with van der Waals surface area (Å²) in [5.41, 5.74) is 0.912. The molecular weight excluding hydrogens is 415 g/mol. The first-order valence-corrected chi connectivity index (χ1v) is 10.3. The summed E-state index contributed by atoms with van der Waals surface area (Å²) in [7, 11) is 0.